The molecule has 1 aliphatic rings. The Morgan fingerprint density at radius 1 is 1.26 bits per heavy atom. The summed E-state index contributed by atoms with van der Waals surface area (Å²) < 4.78 is 5.70. The van der Waals surface area contributed by atoms with Crippen LogP contribution in [0.2, 0.25) is 0 Å². The minimum atomic E-state index is 0.326. The third-order valence-corrected chi connectivity index (χ3v) is 4.33. The molecule has 1 rings (SSSR count). The number of ether oxygens (including phenoxy) is 1. The summed E-state index contributed by atoms with van der Waals surface area (Å²) in [5.74, 6) is 0.731. The molecule has 0 amide bonds. The molecule has 1 atom stereocenters. The molecule has 3 heteroatoms. The average Bonchev–Trinajstić information content (AvgIpc) is 2.79. The van der Waals surface area contributed by atoms with E-state index in [4.69, 9.17) is 4.74 Å². The third kappa shape index (κ3) is 5.05. The maximum atomic E-state index is 5.70. The minimum absolute atomic E-state index is 0.326. The topological polar surface area (TPSA) is 24.5 Å². The molecule has 3 nitrogen and oxygen atoms in total. The third-order valence-electron chi connectivity index (χ3n) is 4.33. The Labute approximate surface area is 120 Å². The highest BCUT2D eigenvalue weighted by atomic mass is 16.5. The molecule has 1 N–H and O–H groups in total. The van der Waals surface area contributed by atoms with E-state index in [0.29, 0.717) is 5.41 Å². The summed E-state index contributed by atoms with van der Waals surface area (Å²) >= 11 is 0. The van der Waals surface area contributed by atoms with Crippen molar-refractivity contribution < 1.29 is 4.74 Å². The summed E-state index contributed by atoms with van der Waals surface area (Å²) in [7, 11) is 2.06. The Bertz CT molecular complexity index is 233. The van der Waals surface area contributed by atoms with E-state index in [1.165, 1.54) is 32.4 Å². The molecule has 0 bridgehead atoms. The Kier molecular flexibility index (Phi) is 7.33. The van der Waals surface area contributed by atoms with E-state index in [0.717, 1.165) is 31.7 Å². The second kappa shape index (κ2) is 8.23. The van der Waals surface area contributed by atoms with Crippen molar-refractivity contribution in [1.82, 2.24) is 10.2 Å². The van der Waals surface area contributed by atoms with E-state index in [-0.39, 0.29) is 0 Å². The van der Waals surface area contributed by atoms with Gasteiger partial charge in [0.1, 0.15) is 0 Å². The largest absolute Gasteiger partial charge is 0.381 e. The maximum absolute atomic E-state index is 5.70. The van der Waals surface area contributed by atoms with Gasteiger partial charge in [-0.05, 0) is 32.2 Å². The summed E-state index contributed by atoms with van der Waals surface area (Å²) in [4.78, 5) is 2.72. The summed E-state index contributed by atoms with van der Waals surface area (Å²) in [6, 6.07) is 0.719. The lowest BCUT2D eigenvalue weighted by Crippen LogP contribution is -2.48. The predicted octanol–water partition coefficient (Wildman–Crippen LogP) is 2.76. The van der Waals surface area contributed by atoms with Crippen LogP contribution in [0.3, 0.4) is 0 Å². The quantitative estimate of drug-likeness (QED) is 0.697. The molecule has 1 heterocycles. The van der Waals surface area contributed by atoms with Crippen molar-refractivity contribution in [2.45, 2.75) is 53.0 Å². The van der Waals surface area contributed by atoms with Crippen LogP contribution in [0.1, 0.15) is 47.0 Å². The standard InChI is InChI=1S/C16H34N2O/c1-6-15(7-2)18(10-14(3)4)12-16(11-17-5)8-9-19-13-16/h14-15,17H,6-13H2,1-5H3. The van der Waals surface area contributed by atoms with Crippen LogP contribution in [0.5, 0.6) is 0 Å². The summed E-state index contributed by atoms with van der Waals surface area (Å²) in [5, 5.41) is 3.38. The fourth-order valence-electron chi connectivity index (χ4n) is 3.39. The van der Waals surface area contributed by atoms with Gasteiger partial charge in [-0.15, -0.1) is 0 Å². The Hall–Kier alpha value is -0.120. The molecule has 1 aliphatic heterocycles. The molecule has 0 saturated carbocycles. The molecule has 0 aromatic carbocycles. The first-order chi connectivity index (χ1) is 9.06. The van der Waals surface area contributed by atoms with Gasteiger partial charge in [-0.3, -0.25) is 4.90 Å². The molecule has 0 aliphatic carbocycles. The van der Waals surface area contributed by atoms with Gasteiger partial charge in [0.25, 0.3) is 0 Å². The fraction of sp³-hybridized carbons (Fsp3) is 1.00. The molecule has 0 radical (unpaired) electrons. The van der Waals surface area contributed by atoms with Gasteiger partial charge in [-0.25, -0.2) is 0 Å². The second-order valence-corrected chi connectivity index (χ2v) is 6.63. The van der Waals surface area contributed by atoms with E-state index in [1.807, 2.05) is 0 Å². The zero-order valence-electron chi connectivity index (χ0n) is 13.7. The highest BCUT2D eigenvalue weighted by Crippen LogP contribution is 2.30. The number of nitrogens with zero attached hydrogens (tertiary/aromatic N) is 1. The lowest BCUT2D eigenvalue weighted by Gasteiger charge is -2.39. The van der Waals surface area contributed by atoms with Crippen LogP contribution in [-0.2, 0) is 4.74 Å². The number of hydrogen-bond donors (Lipinski definition) is 1. The van der Waals surface area contributed by atoms with Gasteiger partial charge in [0.15, 0.2) is 0 Å². The van der Waals surface area contributed by atoms with Crippen LogP contribution >= 0.6 is 0 Å². The van der Waals surface area contributed by atoms with Crippen LogP contribution < -0.4 is 5.32 Å². The zero-order chi connectivity index (χ0) is 14.3. The molecule has 1 fully saturated rings. The number of nitrogens with one attached hydrogen (secondary N) is 1. The highest BCUT2D eigenvalue weighted by molar-refractivity contribution is 4.89. The molecule has 1 unspecified atom stereocenters. The first-order valence-corrected chi connectivity index (χ1v) is 8.03. The normalized spacial score (nSPS) is 24.0. The fourth-order valence-corrected chi connectivity index (χ4v) is 3.39. The monoisotopic (exact) mass is 270 g/mol. The summed E-state index contributed by atoms with van der Waals surface area (Å²) in [6.07, 6.45) is 3.70. The van der Waals surface area contributed by atoms with Gasteiger partial charge in [0, 0.05) is 37.7 Å². The average molecular weight is 270 g/mol. The van der Waals surface area contributed by atoms with Crippen LogP contribution in [0.25, 0.3) is 0 Å². The van der Waals surface area contributed by atoms with Gasteiger partial charge >= 0.3 is 0 Å². The van der Waals surface area contributed by atoms with Crippen molar-refractivity contribution in [3.63, 3.8) is 0 Å². The summed E-state index contributed by atoms with van der Waals surface area (Å²) in [6.45, 7) is 14.6. The first kappa shape index (κ1) is 16.9. The zero-order valence-corrected chi connectivity index (χ0v) is 13.7. The van der Waals surface area contributed by atoms with E-state index < -0.39 is 0 Å². The maximum Gasteiger partial charge on any atom is 0.0547 e. The molecule has 1 saturated heterocycles. The molecule has 19 heavy (non-hydrogen) atoms. The van der Waals surface area contributed by atoms with Crippen molar-refractivity contribution in [2.24, 2.45) is 11.3 Å². The van der Waals surface area contributed by atoms with Gasteiger partial charge in [-0.1, -0.05) is 27.7 Å². The van der Waals surface area contributed by atoms with Gasteiger partial charge in [0.2, 0.25) is 0 Å². The Morgan fingerprint density at radius 2 is 1.95 bits per heavy atom. The minimum Gasteiger partial charge on any atom is -0.381 e. The van der Waals surface area contributed by atoms with Crippen molar-refractivity contribution >= 4 is 0 Å². The van der Waals surface area contributed by atoms with E-state index in [9.17, 15) is 0 Å². The van der Waals surface area contributed by atoms with Crippen LogP contribution in [-0.4, -0.2) is 50.8 Å². The van der Waals surface area contributed by atoms with Crippen LogP contribution in [0, 0.1) is 11.3 Å². The Morgan fingerprint density at radius 3 is 2.37 bits per heavy atom. The molecular weight excluding hydrogens is 236 g/mol. The van der Waals surface area contributed by atoms with Gasteiger partial charge < -0.3 is 10.1 Å². The molecule has 0 spiro atoms. The molecular formula is C16H34N2O. The predicted molar refractivity (Wildman–Crippen MR) is 82.6 cm³/mol. The van der Waals surface area contributed by atoms with Crippen molar-refractivity contribution in [3.05, 3.63) is 0 Å². The van der Waals surface area contributed by atoms with Crippen molar-refractivity contribution in [1.29, 1.82) is 0 Å². The van der Waals surface area contributed by atoms with Gasteiger partial charge in [0.05, 0.1) is 6.61 Å². The van der Waals surface area contributed by atoms with E-state index in [1.54, 1.807) is 0 Å². The van der Waals surface area contributed by atoms with Crippen molar-refractivity contribution in [3.8, 4) is 0 Å². The van der Waals surface area contributed by atoms with Gasteiger partial charge in [-0.2, -0.15) is 0 Å². The smallest absolute Gasteiger partial charge is 0.0547 e. The number of rotatable bonds is 9. The number of hydrogen-bond acceptors (Lipinski definition) is 3. The molecule has 0 aromatic heterocycles. The first-order valence-electron chi connectivity index (χ1n) is 8.03. The highest BCUT2D eigenvalue weighted by Gasteiger charge is 2.37. The lowest BCUT2D eigenvalue weighted by molar-refractivity contribution is 0.0745. The van der Waals surface area contributed by atoms with E-state index in [2.05, 4.69) is 45.0 Å². The summed E-state index contributed by atoms with van der Waals surface area (Å²) in [5.41, 5.74) is 0.326. The van der Waals surface area contributed by atoms with Crippen LogP contribution in [0.15, 0.2) is 0 Å². The van der Waals surface area contributed by atoms with E-state index >= 15 is 0 Å². The SMILES string of the molecule is CCC(CC)N(CC(C)C)CC1(CNC)CCOC1. The molecule has 114 valence electrons. The second-order valence-electron chi connectivity index (χ2n) is 6.63. The molecule has 0 aromatic rings. The Balaban J connectivity index is 2.73. The van der Waals surface area contributed by atoms with Crippen LogP contribution in [0.4, 0.5) is 0 Å². The lowest BCUT2D eigenvalue weighted by atomic mass is 9.85. The van der Waals surface area contributed by atoms with Crippen molar-refractivity contribution in [2.75, 3.05) is 39.9 Å².